The van der Waals surface area contributed by atoms with Gasteiger partial charge in [-0.25, -0.2) is 0 Å². The molecule has 2 rings (SSSR count). The van der Waals surface area contributed by atoms with E-state index in [0.717, 1.165) is 24.1 Å². The highest BCUT2D eigenvalue weighted by molar-refractivity contribution is 6.01. The van der Waals surface area contributed by atoms with Crippen LogP contribution in [0, 0.1) is 0 Å². The predicted molar refractivity (Wildman–Crippen MR) is 79.4 cm³/mol. The van der Waals surface area contributed by atoms with Gasteiger partial charge in [0.2, 0.25) is 17.7 Å². The quantitative estimate of drug-likeness (QED) is 0.818. The van der Waals surface area contributed by atoms with E-state index in [0.29, 0.717) is 25.8 Å². The summed E-state index contributed by atoms with van der Waals surface area (Å²) in [4.78, 5) is 36.0. The Morgan fingerprint density at radius 2 is 1.76 bits per heavy atom. The van der Waals surface area contributed by atoms with Crippen molar-refractivity contribution in [3.8, 4) is 0 Å². The molecule has 1 fully saturated rings. The van der Waals surface area contributed by atoms with Crippen LogP contribution < -0.4 is 5.32 Å². The zero-order valence-electron chi connectivity index (χ0n) is 12.2. The van der Waals surface area contributed by atoms with Crippen LogP contribution in [0.5, 0.6) is 0 Å². The number of carbonyl (C=O) groups excluding carboxylic acids is 3. The molecule has 0 spiro atoms. The molecule has 0 aliphatic carbocycles. The molecule has 0 bridgehead atoms. The summed E-state index contributed by atoms with van der Waals surface area (Å²) < 4.78 is 0. The van der Waals surface area contributed by atoms with Crippen LogP contribution in [0.4, 0.5) is 5.69 Å². The average Bonchev–Trinajstić information content (AvgIpc) is 2.79. The largest absolute Gasteiger partial charge is 0.326 e. The van der Waals surface area contributed by atoms with Crippen molar-refractivity contribution < 1.29 is 14.4 Å². The van der Waals surface area contributed by atoms with Crippen LogP contribution in [-0.4, -0.2) is 22.6 Å². The van der Waals surface area contributed by atoms with Gasteiger partial charge in [-0.15, -0.1) is 0 Å². The molecule has 0 radical (unpaired) electrons. The first-order valence-electron chi connectivity index (χ1n) is 7.32. The molecule has 1 saturated heterocycles. The van der Waals surface area contributed by atoms with E-state index in [1.54, 1.807) is 12.1 Å². The maximum Gasteiger partial charge on any atom is 0.229 e. The number of hydrogen-bond acceptors (Lipinski definition) is 3. The summed E-state index contributed by atoms with van der Waals surface area (Å²) in [5, 5.41) is 2.83. The highest BCUT2D eigenvalue weighted by atomic mass is 16.2. The van der Waals surface area contributed by atoms with Gasteiger partial charge in [-0.3, -0.25) is 19.3 Å². The fourth-order valence-electron chi connectivity index (χ4n) is 2.24. The number of nitrogens with zero attached hydrogens (tertiary/aromatic N) is 1. The van der Waals surface area contributed by atoms with E-state index in [1.165, 1.54) is 4.90 Å². The molecule has 1 heterocycles. The van der Waals surface area contributed by atoms with Gasteiger partial charge in [-0.1, -0.05) is 25.5 Å². The zero-order valence-corrected chi connectivity index (χ0v) is 12.2. The fraction of sp³-hybridized carbons (Fsp3) is 0.438. The minimum absolute atomic E-state index is 0.00879. The lowest BCUT2D eigenvalue weighted by molar-refractivity contribution is -0.139. The first kappa shape index (κ1) is 15.2. The molecule has 1 aliphatic rings. The Kier molecular flexibility index (Phi) is 5.09. The van der Waals surface area contributed by atoms with Crippen LogP contribution in [-0.2, 0) is 20.9 Å². The second-order valence-electron chi connectivity index (χ2n) is 5.22. The Hall–Kier alpha value is -2.17. The molecule has 21 heavy (non-hydrogen) atoms. The third kappa shape index (κ3) is 4.15. The van der Waals surface area contributed by atoms with Crippen molar-refractivity contribution in [2.24, 2.45) is 0 Å². The normalized spacial score (nSPS) is 14.6. The maximum absolute atomic E-state index is 11.6. The smallest absolute Gasteiger partial charge is 0.229 e. The molecule has 0 aromatic heterocycles. The van der Waals surface area contributed by atoms with Crippen LogP contribution in [0.25, 0.3) is 0 Å². The summed E-state index contributed by atoms with van der Waals surface area (Å²) in [7, 11) is 0. The number of hydrogen-bond donors (Lipinski definition) is 1. The van der Waals surface area contributed by atoms with Gasteiger partial charge in [0.1, 0.15) is 0 Å². The van der Waals surface area contributed by atoms with Crippen molar-refractivity contribution in [2.45, 2.75) is 45.6 Å². The van der Waals surface area contributed by atoms with E-state index in [9.17, 15) is 14.4 Å². The molecule has 1 aromatic rings. The minimum Gasteiger partial charge on any atom is -0.326 e. The second-order valence-corrected chi connectivity index (χ2v) is 5.22. The molecule has 0 atom stereocenters. The first-order chi connectivity index (χ1) is 10.1. The summed E-state index contributed by atoms with van der Waals surface area (Å²) in [5.41, 5.74) is 1.61. The van der Waals surface area contributed by atoms with E-state index in [2.05, 4.69) is 5.32 Å². The molecule has 1 aromatic carbocycles. The highest BCUT2D eigenvalue weighted by Crippen LogP contribution is 2.17. The molecular formula is C16H20N2O3. The van der Waals surface area contributed by atoms with E-state index >= 15 is 0 Å². The Bertz CT molecular complexity index is 521. The Morgan fingerprint density at radius 3 is 2.33 bits per heavy atom. The number of carbonyl (C=O) groups is 3. The van der Waals surface area contributed by atoms with Crippen molar-refractivity contribution in [3.05, 3.63) is 29.8 Å². The maximum atomic E-state index is 11.6. The van der Waals surface area contributed by atoms with E-state index in [-0.39, 0.29) is 17.7 Å². The number of imide groups is 1. The van der Waals surface area contributed by atoms with Crippen LogP contribution in [0.2, 0.25) is 0 Å². The summed E-state index contributed by atoms with van der Waals surface area (Å²) in [5.74, 6) is -0.219. The molecule has 1 N–H and O–H groups in total. The average molecular weight is 288 g/mol. The molecule has 0 unspecified atom stereocenters. The van der Waals surface area contributed by atoms with Crippen LogP contribution in [0.15, 0.2) is 24.3 Å². The lowest BCUT2D eigenvalue weighted by Gasteiger charge is -2.14. The number of likely N-dealkylation sites (tertiary alicyclic amines) is 1. The molecule has 5 heteroatoms. The molecule has 1 aliphatic heterocycles. The summed E-state index contributed by atoms with van der Waals surface area (Å²) >= 11 is 0. The van der Waals surface area contributed by atoms with Gasteiger partial charge in [0.15, 0.2) is 0 Å². The lowest BCUT2D eigenvalue weighted by atomic mass is 10.2. The predicted octanol–water partition coefficient (Wildman–Crippen LogP) is 2.46. The number of anilines is 1. The Balaban J connectivity index is 1.91. The standard InChI is InChI=1S/C16H20N2O3/c1-2-3-4-14(19)17-13-7-5-12(6-8-13)11-18-15(20)9-10-16(18)21/h5-8H,2-4,9-11H2,1H3,(H,17,19). The Labute approximate surface area is 124 Å². The molecule has 112 valence electrons. The van der Waals surface area contributed by atoms with Gasteiger partial charge in [-0.05, 0) is 24.1 Å². The van der Waals surface area contributed by atoms with Crippen LogP contribution in [0.1, 0.15) is 44.6 Å². The lowest BCUT2D eigenvalue weighted by Crippen LogP contribution is -2.28. The zero-order chi connectivity index (χ0) is 15.2. The summed E-state index contributed by atoms with van der Waals surface area (Å²) in [6.07, 6.45) is 3.01. The van der Waals surface area contributed by atoms with Crippen molar-refractivity contribution in [2.75, 3.05) is 5.32 Å². The fourth-order valence-corrected chi connectivity index (χ4v) is 2.24. The molecule has 3 amide bonds. The number of rotatable bonds is 6. The number of nitrogens with one attached hydrogen (secondary N) is 1. The number of unbranched alkanes of at least 4 members (excludes halogenated alkanes) is 1. The topological polar surface area (TPSA) is 66.5 Å². The minimum atomic E-state index is -0.114. The number of benzene rings is 1. The van der Waals surface area contributed by atoms with Crippen molar-refractivity contribution in [1.82, 2.24) is 4.90 Å². The monoisotopic (exact) mass is 288 g/mol. The van der Waals surface area contributed by atoms with Crippen molar-refractivity contribution in [3.63, 3.8) is 0 Å². The SMILES string of the molecule is CCCCC(=O)Nc1ccc(CN2C(=O)CCC2=O)cc1. The van der Waals surface area contributed by atoms with Crippen LogP contribution >= 0.6 is 0 Å². The van der Waals surface area contributed by atoms with Gasteiger partial charge in [-0.2, -0.15) is 0 Å². The van der Waals surface area contributed by atoms with Gasteiger partial charge >= 0.3 is 0 Å². The van der Waals surface area contributed by atoms with Gasteiger partial charge in [0.05, 0.1) is 6.54 Å². The van der Waals surface area contributed by atoms with Gasteiger partial charge in [0, 0.05) is 24.9 Å². The molecule has 0 saturated carbocycles. The first-order valence-corrected chi connectivity index (χ1v) is 7.32. The number of amides is 3. The van der Waals surface area contributed by atoms with Crippen LogP contribution in [0.3, 0.4) is 0 Å². The van der Waals surface area contributed by atoms with E-state index < -0.39 is 0 Å². The molecular weight excluding hydrogens is 268 g/mol. The summed E-state index contributed by atoms with van der Waals surface area (Å²) in [6, 6.07) is 7.25. The Morgan fingerprint density at radius 1 is 1.14 bits per heavy atom. The van der Waals surface area contributed by atoms with E-state index in [4.69, 9.17) is 0 Å². The van der Waals surface area contributed by atoms with Crippen molar-refractivity contribution >= 4 is 23.4 Å². The molecule has 5 nitrogen and oxygen atoms in total. The third-order valence-corrected chi connectivity index (χ3v) is 3.49. The van der Waals surface area contributed by atoms with Crippen molar-refractivity contribution in [1.29, 1.82) is 0 Å². The van der Waals surface area contributed by atoms with Gasteiger partial charge in [0.25, 0.3) is 0 Å². The second kappa shape index (κ2) is 7.02. The third-order valence-electron chi connectivity index (χ3n) is 3.49. The van der Waals surface area contributed by atoms with Gasteiger partial charge < -0.3 is 5.32 Å². The highest BCUT2D eigenvalue weighted by Gasteiger charge is 2.28. The van der Waals surface area contributed by atoms with E-state index in [1.807, 2.05) is 19.1 Å². The summed E-state index contributed by atoms with van der Waals surface area (Å²) in [6.45, 7) is 2.35.